The first-order chi connectivity index (χ1) is 9.16. The molecule has 0 spiro atoms. The molecule has 0 saturated heterocycles. The average Bonchev–Trinajstić information content (AvgIpc) is 2.93. The molecule has 1 amide bonds. The maximum Gasteiger partial charge on any atom is 0.374 e. The predicted octanol–water partition coefficient (Wildman–Crippen LogP) is 2.84. The third-order valence-corrected chi connectivity index (χ3v) is 2.90. The molecule has 0 aliphatic carbocycles. The molecule has 0 aliphatic rings. The Morgan fingerprint density at radius 3 is 2.68 bits per heavy atom. The Kier molecular flexibility index (Phi) is 4.35. The van der Waals surface area contributed by atoms with E-state index in [1.807, 2.05) is 6.07 Å². The van der Waals surface area contributed by atoms with Crippen LogP contribution in [0.25, 0.3) is 0 Å². The van der Waals surface area contributed by atoms with E-state index >= 15 is 0 Å². The number of nitrogens with one attached hydrogen (secondary N) is 1. The number of esters is 1. The molecule has 0 unspecified atom stereocenters. The van der Waals surface area contributed by atoms with Crippen molar-refractivity contribution in [3.8, 4) is 0 Å². The van der Waals surface area contributed by atoms with Crippen molar-refractivity contribution in [1.82, 2.24) is 0 Å². The number of para-hydroxylation sites is 1. The van der Waals surface area contributed by atoms with E-state index < -0.39 is 11.9 Å². The van der Waals surface area contributed by atoms with Crippen LogP contribution >= 0.6 is 15.9 Å². The molecular weight excluding hydrogens is 314 g/mol. The average molecular weight is 324 g/mol. The number of hydrogen-bond acceptors (Lipinski definition) is 4. The van der Waals surface area contributed by atoms with E-state index in [2.05, 4.69) is 21.2 Å². The lowest BCUT2D eigenvalue weighted by molar-refractivity contribution is -0.119. The van der Waals surface area contributed by atoms with Crippen LogP contribution in [-0.4, -0.2) is 18.5 Å². The normalized spacial score (nSPS) is 9.95. The summed E-state index contributed by atoms with van der Waals surface area (Å²) in [5, 5.41) is 2.62. The minimum Gasteiger partial charge on any atom is -0.457 e. The van der Waals surface area contributed by atoms with Gasteiger partial charge in [0, 0.05) is 4.47 Å². The van der Waals surface area contributed by atoms with Gasteiger partial charge in [-0.3, -0.25) is 4.79 Å². The van der Waals surface area contributed by atoms with Gasteiger partial charge in [0.2, 0.25) is 5.76 Å². The van der Waals surface area contributed by atoms with Gasteiger partial charge in [-0.05, 0) is 40.2 Å². The molecular formula is C13H10BrNO4. The van der Waals surface area contributed by atoms with Crippen molar-refractivity contribution in [3.05, 3.63) is 52.9 Å². The molecule has 2 aromatic rings. The second-order valence-corrected chi connectivity index (χ2v) is 4.44. The molecule has 98 valence electrons. The Morgan fingerprint density at radius 1 is 1.21 bits per heavy atom. The summed E-state index contributed by atoms with van der Waals surface area (Å²) in [6.45, 7) is -0.374. The molecule has 1 N–H and O–H groups in total. The molecule has 1 heterocycles. The zero-order valence-electron chi connectivity index (χ0n) is 9.76. The standard InChI is InChI=1S/C13H10BrNO4/c14-9-4-1-2-5-10(9)15-12(16)8-19-13(17)11-6-3-7-18-11/h1-7H,8H2,(H,15,16). The van der Waals surface area contributed by atoms with Crippen LogP contribution in [0.5, 0.6) is 0 Å². The van der Waals surface area contributed by atoms with Crippen molar-refractivity contribution in [3.63, 3.8) is 0 Å². The number of benzene rings is 1. The minimum atomic E-state index is -0.674. The van der Waals surface area contributed by atoms with Crippen molar-refractivity contribution >= 4 is 33.5 Å². The maximum absolute atomic E-state index is 11.6. The van der Waals surface area contributed by atoms with Crippen LogP contribution in [0.4, 0.5) is 5.69 Å². The number of amides is 1. The summed E-state index contributed by atoms with van der Waals surface area (Å²) in [7, 11) is 0. The van der Waals surface area contributed by atoms with E-state index in [1.165, 1.54) is 12.3 Å². The summed E-state index contributed by atoms with van der Waals surface area (Å²) in [5.74, 6) is -1.03. The zero-order valence-corrected chi connectivity index (χ0v) is 11.3. The third kappa shape index (κ3) is 3.69. The molecule has 0 atom stereocenters. The predicted molar refractivity (Wildman–Crippen MR) is 71.8 cm³/mol. The Bertz CT molecular complexity index is 580. The Labute approximate surface area is 117 Å². The van der Waals surface area contributed by atoms with Crippen LogP contribution in [0, 0.1) is 0 Å². The van der Waals surface area contributed by atoms with Crippen LogP contribution in [0.3, 0.4) is 0 Å². The molecule has 0 radical (unpaired) electrons. The first-order valence-electron chi connectivity index (χ1n) is 5.42. The van der Waals surface area contributed by atoms with Crippen molar-refractivity contribution in [2.75, 3.05) is 11.9 Å². The Hall–Kier alpha value is -2.08. The van der Waals surface area contributed by atoms with E-state index in [0.717, 1.165) is 4.47 Å². The molecule has 5 nitrogen and oxygen atoms in total. The number of carbonyl (C=O) groups is 2. The van der Waals surface area contributed by atoms with Gasteiger partial charge in [0.1, 0.15) is 0 Å². The maximum atomic E-state index is 11.6. The quantitative estimate of drug-likeness (QED) is 0.878. The van der Waals surface area contributed by atoms with E-state index in [-0.39, 0.29) is 12.4 Å². The summed E-state index contributed by atoms with van der Waals surface area (Å²) in [5.41, 5.74) is 0.613. The summed E-state index contributed by atoms with van der Waals surface area (Å²) in [4.78, 5) is 23.0. The van der Waals surface area contributed by atoms with Gasteiger partial charge in [-0.15, -0.1) is 0 Å². The summed E-state index contributed by atoms with van der Waals surface area (Å²) in [6, 6.07) is 10.2. The van der Waals surface area contributed by atoms with Crippen LogP contribution in [0.15, 0.2) is 51.6 Å². The van der Waals surface area contributed by atoms with Crippen molar-refractivity contribution in [2.24, 2.45) is 0 Å². The zero-order chi connectivity index (χ0) is 13.7. The molecule has 1 aromatic carbocycles. The number of furan rings is 1. The number of halogens is 1. The van der Waals surface area contributed by atoms with Crippen LogP contribution in [0.2, 0.25) is 0 Å². The summed E-state index contributed by atoms with van der Waals surface area (Å²) >= 11 is 3.30. The molecule has 6 heteroatoms. The van der Waals surface area contributed by atoms with Gasteiger partial charge >= 0.3 is 5.97 Å². The highest BCUT2D eigenvalue weighted by Crippen LogP contribution is 2.20. The van der Waals surface area contributed by atoms with Crippen molar-refractivity contribution in [1.29, 1.82) is 0 Å². The number of rotatable bonds is 4. The highest BCUT2D eigenvalue weighted by molar-refractivity contribution is 9.10. The lowest BCUT2D eigenvalue weighted by Gasteiger charge is -2.07. The van der Waals surface area contributed by atoms with E-state index in [4.69, 9.17) is 9.15 Å². The first-order valence-corrected chi connectivity index (χ1v) is 6.21. The molecule has 0 saturated carbocycles. The van der Waals surface area contributed by atoms with Crippen LogP contribution < -0.4 is 5.32 Å². The molecule has 0 bridgehead atoms. The van der Waals surface area contributed by atoms with Crippen molar-refractivity contribution in [2.45, 2.75) is 0 Å². The SMILES string of the molecule is O=C(COC(=O)c1ccco1)Nc1ccccc1Br. The topological polar surface area (TPSA) is 68.5 Å². The monoisotopic (exact) mass is 323 g/mol. The first kappa shape index (κ1) is 13.4. The highest BCUT2D eigenvalue weighted by Gasteiger charge is 2.13. The van der Waals surface area contributed by atoms with E-state index in [1.54, 1.807) is 24.3 Å². The molecule has 1 aromatic heterocycles. The van der Waals surface area contributed by atoms with E-state index in [0.29, 0.717) is 5.69 Å². The smallest absolute Gasteiger partial charge is 0.374 e. The minimum absolute atomic E-state index is 0.0636. The largest absolute Gasteiger partial charge is 0.457 e. The van der Waals surface area contributed by atoms with Gasteiger partial charge < -0.3 is 14.5 Å². The van der Waals surface area contributed by atoms with Gasteiger partial charge in [-0.1, -0.05) is 12.1 Å². The number of anilines is 1. The Morgan fingerprint density at radius 2 is 2.00 bits per heavy atom. The second kappa shape index (κ2) is 6.19. The molecule has 0 fully saturated rings. The number of ether oxygens (including phenoxy) is 1. The van der Waals surface area contributed by atoms with Gasteiger partial charge in [-0.25, -0.2) is 4.79 Å². The third-order valence-electron chi connectivity index (χ3n) is 2.20. The molecule has 0 aliphatic heterocycles. The van der Waals surface area contributed by atoms with E-state index in [9.17, 15) is 9.59 Å². The lowest BCUT2D eigenvalue weighted by atomic mass is 10.3. The number of carbonyl (C=O) groups excluding carboxylic acids is 2. The Balaban J connectivity index is 1.86. The summed E-state index contributed by atoms with van der Waals surface area (Å²) < 4.78 is 10.4. The summed E-state index contributed by atoms with van der Waals surface area (Å²) in [6.07, 6.45) is 1.36. The fourth-order valence-corrected chi connectivity index (χ4v) is 1.73. The molecule has 19 heavy (non-hydrogen) atoms. The number of hydrogen-bond donors (Lipinski definition) is 1. The van der Waals surface area contributed by atoms with Crippen LogP contribution in [0.1, 0.15) is 10.6 Å². The fourth-order valence-electron chi connectivity index (χ4n) is 1.35. The van der Waals surface area contributed by atoms with Gasteiger partial charge in [0.15, 0.2) is 6.61 Å². The fraction of sp³-hybridized carbons (Fsp3) is 0.0769. The molecule has 2 rings (SSSR count). The lowest BCUT2D eigenvalue weighted by Crippen LogP contribution is -2.20. The van der Waals surface area contributed by atoms with Gasteiger partial charge in [0.25, 0.3) is 5.91 Å². The van der Waals surface area contributed by atoms with Crippen molar-refractivity contribution < 1.29 is 18.7 Å². The van der Waals surface area contributed by atoms with Gasteiger partial charge in [0.05, 0.1) is 12.0 Å². The van der Waals surface area contributed by atoms with Gasteiger partial charge in [-0.2, -0.15) is 0 Å². The second-order valence-electron chi connectivity index (χ2n) is 3.58. The highest BCUT2D eigenvalue weighted by atomic mass is 79.9. The van der Waals surface area contributed by atoms with Crippen LogP contribution in [-0.2, 0) is 9.53 Å².